The molecule has 2 fully saturated rings. The maximum Gasteiger partial charge on any atom is 0.573 e. The molecule has 0 unspecified atom stereocenters. The Kier molecular flexibility index (Phi) is 10.4. The SMILES string of the molecule is CCC(NC(=O)c1ccc(S(=O)(=O)Nc2ccccc2Oc2ccc(OC(F)(F)F)cc2)cc1)(N1CCCCC1)N1CCCCC1. The third kappa shape index (κ3) is 8.12. The highest BCUT2D eigenvalue weighted by atomic mass is 32.2. The molecule has 13 heteroatoms. The molecular formula is C33H39F3N4O5S. The van der Waals surface area contributed by atoms with Crippen LogP contribution in [-0.2, 0) is 10.0 Å². The fraction of sp³-hybridized carbons (Fsp3) is 0.424. The standard InChI is InChI=1S/C33H39F3N4O5S/c1-2-32(39-21-7-3-8-22-39,40-23-9-4-10-24-40)37-31(41)25-13-19-28(20-14-25)46(42,43)38-29-11-5-6-12-30(29)44-26-15-17-27(18-16-26)45-33(34,35)36/h5-6,11-20,38H,2-4,7-10,21-24H2,1H3,(H,37,41). The van der Waals surface area contributed by atoms with Crippen LogP contribution in [0.15, 0.2) is 77.7 Å². The molecule has 0 saturated carbocycles. The number of halogens is 3. The van der Waals surface area contributed by atoms with Gasteiger partial charge in [0, 0.05) is 31.7 Å². The molecule has 5 rings (SSSR count). The molecule has 0 bridgehead atoms. The van der Waals surface area contributed by atoms with E-state index in [9.17, 15) is 26.4 Å². The van der Waals surface area contributed by atoms with Crippen LogP contribution in [-0.4, -0.2) is 62.5 Å². The van der Waals surface area contributed by atoms with E-state index in [-0.39, 0.29) is 28.0 Å². The molecule has 2 aliphatic rings. The molecule has 3 aromatic carbocycles. The summed E-state index contributed by atoms with van der Waals surface area (Å²) in [4.78, 5) is 18.4. The van der Waals surface area contributed by atoms with Gasteiger partial charge in [0.25, 0.3) is 15.9 Å². The average molecular weight is 661 g/mol. The molecule has 0 aromatic heterocycles. The van der Waals surface area contributed by atoms with Crippen molar-refractivity contribution in [3.8, 4) is 17.2 Å². The zero-order chi connectivity index (χ0) is 32.8. The topological polar surface area (TPSA) is 100 Å². The predicted octanol–water partition coefficient (Wildman–Crippen LogP) is 6.94. The van der Waals surface area contributed by atoms with Crippen LogP contribution in [0.5, 0.6) is 17.2 Å². The zero-order valence-corrected chi connectivity index (χ0v) is 26.5. The summed E-state index contributed by atoms with van der Waals surface area (Å²) in [5.74, 6) is -0.962. The number of carbonyl (C=O) groups excluding carboxylic acids is 1. The third-order valence-electron chi connectivity index (χ3n) is 8.41. The molecule has 2 N–H and O–H groups in total. The van der Waals surface area contributed by atoms with Gasteiger partial charge in [0.05, 0.1) is 10.6 Å². The van der Waals surface area contributed by atoms with Gasteiger partial charge in [-0.3, -0.25) is 19.3 Å². The van der Waals surface area contributed by atoms with Crippen molar-refractivity contribution in [3.63, 3.8) is 0 Å². The van der Waals surface area contributed by atoms with Crippen molar-refractivity contribution >= 4 is 21.6 Å². The van der Waals surface area contributed by atoms with Gasteiger partial charge in [-0.15, -0.1) is 13.2 Å². The van der Waals surface area contributed by atoms with Gasteiger partial charge in [-0.1, -0.05) is 31.9 Å². The highest BCUT2D eigenvalue weighted by Gasteiger charge is 2.43. The van der Waals surface area contributed by atoms with E-state index in [0.717, 1.165) is 70.4 Å². The Morgan fingerprint density at radius 2 is 1.33 bits per heavy atom. The Balaban J connectivity index is 1.29. The van der Waals surface area contributed by atoms with Crippen molar-refractivity contribution in [2.24, 2.45) is 0 Å². The van der Waals surface area contributed by atoms with Crippen LogP contribution in [0, 0.1) is 0 Å². The van der Waals surface area contributed by atoms with Gasteiger partial charge in [0.1, 0.15) is 11.5 Å². The van der Waals surface area contributed by atoms with Gasteiger partial charge in [-0.2, -0.15) is 0 Å². The van der Waals surface area contributed by atoms with Gasteiger partial charge in [0.2, 0.25) is 0 Å². The third-order valence-corrected chi connectivity index (χ3v) is 9.79. The Labute approximate surface area is 267 Å². The number of alkyl halides is 3. The zero-order valence-electron chi connectivity index (χ0n) is 25.7. The summed E-state index contributed by atoms with van der Waals surface area (Å²) in [7, 11) is -4.09. The quantitative estimate of drug-likeness (QED) is 0.230. The van der Waals surface area contributed by atoms with Crippen LogP contribution < -0.4 is 19.5 Å². The molecule has 46 heavy (non-hydrogen) atoms. The number of piperidine rings is 2. The lowest BCUT2D eigenvalue weighted by molar-refractivity contribution is -0.274. The minimum atomic E-state index is -4.82. The summed E-state index contributed by atoms with van der Waals surface area (Å²) in [5.41, 5.74) is 0.475. The minimum absolute atomic E-state index is 0.0543. The van der Waals surface area contributed by atoms with Crippen molar-refractivity contribution in [2.75, 3.05) is 30.9 Å². The highest BCUT2D eigenvalue weighted by molar-refractivity contribution is 7.92. The second-order valence-electron chi connectivity index (χ2n) is 11.5. The molecule has 9 nitrogen and oxygen atoms in total. The number of carbonyl (C=O) groups is 1. The first-order valence-corrected chi connectivity index (χ1v) is 17.1. The largest absolute Gasteiger partial charge is 0.573 e. The number of amides is 1. The van der Waals surface area contributed by atoms with Crippen LogP contribution in [0.1, 0.15) is 62.2 Å². The number of ether oxygens (including phenoxy) is 2. The number of sulfonamides is 1. The Hall–Kier alpha value is -3.81. The number of rotatable bonds is 11. The van der Waals surface area contributed by atoms with E-state index in [1.54, 1.807) is 12.1 Å². The number of hydrogen-bond donors (Lipinski definition) is 2. The molecule has 3 aromatic rings. The number of para-hydroxylation sites is 2. The van der Waals surface area contributed by atoms with Crippen LogP contribution in [0.25, 0.3) is 0 Å². The molecule has 2 aliphatic heterocycles. The number of anilines is 1. The van der Waals surface area contributed by atoms with E-state index in [0.29, 0.717) is 5.56 Å². The number of likely N-dealkylation sites (tertiary alicyclic amines) is 2. The Morgan fingerprint density at radius 3 is 1.87 bits per heavy atom. The first-order valence-electron chi connectivity index (χ1n) is 15.6. The number of nitrogens with one attached hydrogen (secondary N) is 2. The Bertz CT molecular complexity index is 1550. The van der Waals surface area contributed by atoms with Gasteiger partial charge in [-0.25, -0.2) is 8.42 Å². The van der Waals surface area contributed by atoms with Gasteiger partial charge < -0.3 is 14.8 Å². The van der Waals surface area contributed by atoms with Crippen molar-refractivity contribution in [2.45, 2.75) is 68.9 Å². The van der Waals surface area contributed by atoms with Crippen molar-refractivity contribution in [1.82, 2.24) is 15.1 Å². The molecule has 2 heterocycles. The number of nitrogens with zero attached hydrogens (tertiary/aromatic N) is 2. The fourth-order valence-electron chi connectivity index (χ4n) is 6.14. The molecule has 0 spiro atoms. The van der Waals surface area contributed by atoms with Crippen molar-refractivity contribution in [1.29, 1.82) is 0 Å². The van der Waals surface area contributed by atoms with Gasteiger partial charge in [-0.05, 0) is 92.8 Å². The summed E-state index contributed by atoms with van der Waals surface area (Å²) in [6.07, 6.45) is 2.60. The highest BCUT2D eigenvalue weighted by Crippen LogP contribution is 2.33. The monoisotopic (exact) mass is 660 g/mol. The molecule has 0 radical (unpaired) electrons. The number of hydrogen-bond acceptors (Lipinski definition) is 7. The predicted molar refractivity (Wildman–Crippen MR) is 168 cm³/mol. The maximum absolute atomic E-state index is 13.7. The summed E-state index contributed by atoms with van der Waals surface area (Å²) in [6.45, 7) is 5.75. The lowest BCUT2D eigenvalue weighted by atomic mass is 10.0. The maximum atomic E-state index is 13.7. The Morgan fingerprint density at radius 1 is 0.783 bits per heavy atom. The number of benzene rings is 3. The lowest BCUT2D eigenvalue weighted by Crippen LogP contribution is -2.71. The molecular weight excluding hydrogens is 621 g/mol. The van der Waals surface area contributed by atoms with E-state index in [2.05, 4.69) is 31.5 Å². The summed E-state index contributed by atoms with van der Waals surface area (Å²) < 4.78 is 76.3. The minimum Gasteiger partial charge on any atom is -0.455 e. The molecule has 248 valence electrons. The second kappa shape index (κ2) is 14.3. The van der Waals surface area contributed by atoms with Gasteiger partial charge >= 0.3 is 6.36 Å². The van der Waals surface area contributed by atoms with Crippen molar-refractivity contribution < 1.29 is 35.9 Å². The molecule has 2 saturated heterocycles. The molecule has 0 aliphatic carbocycles. The summed E-state index contributed by atoms with van der Waals surface area (Å²) >= 11 is 0. The smallest absolute Gasteiger partial charge is 0.455 e. The molecule has 1 amide bonds. The van der Waals surface area contributed by atoms with E-state index in [1.165, 1.54) is 61.4 Å². The van der Waals surface area contributed by atoms with Crippen LogP contribution in [0.2, 0.25) is 0 Å². The van der Waals surface area contributed by atoms with Crippen molar-refractivity contribution in [3.05, 3.63) is 78.4 Å². The average Bonchev–Trinajstić information content (AvgIpc) is 3.05. The van der Waals surface area contributed by atoms with Gasteiger partial charge in [0.15, 0.2) is 11.5 Å². The first kappa shape index (κ1) is 33.6. The lowest BCUT2D eigenvalue weighted by Gasteiger charge is -2.53. The van der Waals surface area contributed by atoms with E-state index in [4.69, 9.17) is 4.74 Å². The van der Waals surface area contributed by atoms with E-state index >= 15 is 0 Å². The van der Waals surface area contributed by atoms with E-state index < -0.39 is 27.9 Å². The molecule has 0 atom stereocenters. The summed E-state index contributed by atoms with van der Waals surface area (Å²) in [6, 6.07) is 16.8. The van der Waals surface area contributed by atoms with Crippen LogP contribution in [0.4, 0.5) is 18.9 Å². The van der Waals surface area contributed by atoms with Crippen LogP contribution in [0.3, 0.4) is 0 Å². The van der Waals surface area contributed by atoms with E-state index in [1.807, 2.05) is 0 Å². The van der Waals surface area contributed by atoms with Crippen LogP contribution >= 0.6 is 0 Å². The normalized spacial score (nSPS) is 16.9. The first-order chi connectivity index (χ1) is 22.0. The second-order valence-corrected chi connectivity index (χ2v) is 13.1. The summed E-state index contributed by atoms with van der Waals surface area (Å²) in [5, 5.41) is 3.35. The fourth-order valence-corrected chi connectivity index (χ4v) is 7.21.